The van der Waals surface area contributed by atoms with Crippen LogP contribution in [0.1, 0.15) is 36.8 Å². The van der Waals surface area contributed by atoms with Crippen molar-refractivity contribution >= 4 is 17.4 Å². The van der Waals surface area contributed by atoms with Gasteiger partial charge in [0.15, 0.2) is 0 Å². The summed E-state index contributed by atoms with van der Waals surface area (Å²) in [5.41, 5.74) is 1.08. The van der Waals surface area contributed by atoms with Crippen molar-refractivity contribution in [3.63, 3.8) is 0 Å². The van der Waals surface area contributed by atoms with E-state index in [4.69, 9.17) is 13.9 Å². The SMILES string of the molecule is COc1ccccc1CN1C(=O)C(=O)/C(=C(\O)c2cccc(OCC(C)C)c2)C1c1ccco1. The molecule has 0 radical (unpaired) electrons. The summed E-state index contributed by atoms with van der Waals surface area (Å²) in [7, 11) is 1.55. The molecule has 1 aromatic heterocycles. The number of para-hydroxylation sites is 1. The standard InChI is InChI=1S/C27H27NO6/c1-17(2)16-34-20-10-6-9-18(14-20)25(29)23-24(22-12-7-13-33-22)28(27(31)26(23)30)15-19-8-4-5-11-21(19)32-3/h4-14,17,24,29H,15-16H2,1-3H3/b25-23-. The lowest BCUT2D eigenvalue weighted by atomic mass is 9.99. The Hall–Kier alpha value is -4.00. The molecule has 1 fully saturated rings. The van der Waals surface area contributed by atoms with Crippen LogP contribution in [-0.4, -0.2) is 35.4 Å². The van der Waals surface area contributed by atoms with Gasteiger partial charge in [0, 0.05) is 11.1 Å². The first kappa shape index (κ1) is 23.2. The van der Waals surface area contributed by atoms with Crippen LogP contribution in [0.25, 0.3) is 5.76 Å². The summed E-state index contributed by atoms with van der Waals surface area (Å²) in [6.45, 7) is 4.70. The van der Waals surface area contributed by atoms with Gasteiger partial charge in [-0.15, -0.1) is 0 Å². The van der Waals surface area contributed by atoms with Crippen molar-refractivity contribution in [2.24, 2.45) is 5.92 Å². The molecule has 1 N–H and O–H groups in total. The summed E-state index contributed by atoms with van der Waals surface area (Å²) >= 11 is 0. The minimum Gasteiger partial charge on any atom is -0.507 e. The lowest BCUT2D eigenvalue weighted by molar-refractivity contribution is -0.140. The van der Waals surface area contributed by atoms with Crippen LogP contribution in [-0.2, 0) is 16.1 Å². The average Bonchev–Trinajstić information content (AvgIpc) is 3.45. The highest BCUT2D eigenvalue weighted by Gasteiger charge is 2.47. The second-order valence-electron chi connectivity index (χ2n) is 8.49. The number of ketones is 1. The summed E-state index contributed by atoms with van der Waals surface area (Å²) in [6, 6.07) is 16.6. The Morgan fingerprint density at radius 2 is 1.88 bits per heavy atom. The first-order valence-electron chi connectivity index (χ1n) is 11.1. The molecule has 4 rings (SSSR count). The number of methoxy groups -OCH3 is 1. The number of hydrogen-bond acceptors (Lipinski definition) is 6. The number of ether oxygens (including phenoxy) is 2. The van der Waals surface area contributed by atoms with Crippen LogP contribution in [0.4, 0.5) is 0 Å². The number of aliphatic hydroxyl groups excluding tert-OH is 1. The van der Waals surface area contributed by atoms with Crippen molar-refractivity contribution in [2.75, 3.05) is 13.7 Å². The van der Waals surface area contributed by atoms with Crippen LogP contribution in [0.5, 0.6) is 11.5 Å². The monoisotopic (exact) mass is 461 g/mol. The van der Waals surface area contributed by atoms with E-state index in [0.717, 1.165) is 5.56 Å². The third-order valence-electron chi connectivity index (χ3n) is 5.58. The fourth-order valence-electron chi connectivity index (χ4n) is 3.95. The predicted molar refractivity (Wildman–Crippen MR) is 126 cm³/mol. The number of aliphatic hydroxyl groups is 1. The molecule has 0 saturated carbocycles. The Morgan fingerprint density at radius 3 is 2.59 bits per heavy atom. The fourth-order valence-corrected chi connectivity index (χ4v) is 3.95. The molecule has 1 aliphatic heterocycles. The second kappa shape index (κ2) is 9.87. The molecule has 1 saturated heterocycles. The summed E-state index contributed by atoms with van der Waals surface area (Å²) in [6.07, 6.45) is 1.47. The molecular formula is C27H27NO6. The van der Waals surface area contributed by atoms with Crippen LogP contribution in [0.3, 0.4) is 0 Å². The first-order valence-corrected chi connectivity index (χ1v) is 11.1. The van der Waals surface area contributed by atoms with Crippen LogP contribution >= 0.6 is 0 Å². The third kappa shape index (κ3) is 4.55. The van der Waals surface area contributed by atoms with Gasteiger partial charge in [-0.05, 0) is 36.2 Å². The number of rotatable bonds is 8. The van der Waals surface area contributed by atoms with Crippen molar-refractivity contribution in [1.29, 1.82) is 0 Å². The van der Waals surface area contributed by atoms with Crippen molar-refractivity contribution in [3.8, 4) is 11.5 Å². The zero-order valence-electron chi connectivity index (χ0n) is 19.4. The van der Waals surface area contributed by atoms with E-state index in [1.54, 1.807) is 49.6 Å². The van der Waals surface area contributed by atoms with Crippen LogP contribution in [0.2, 0.25) is 0 Å². The molecule has 1 aliphatic rings. The van der Waals surface area contributed by atoms with Gasteiger partial charge in [-0.3, -0.25) is 9.59 Å². The minimum atomic E-state index is -0.889. The van der Waals surface area contributed by atoms with Gasteiger partial charge in [0.05, 0.1) is 32.1 Å². The number of hydrogen-bond donors (Lipinski definition) is 1. The Balaban J connectivity index is 1.77. The van der Waals surface area contributed by atoms with E-state index in [1.807, 2.05) is 32.0 Å². The molecule has 3 aromatic rings. The van der Waals surface area contributed by atoms with Crippen LogP contribution < -0.4 is 9.47 Å². The van der Waals surface area contributed by atoms with Gasteiger partial charge in [0.25, 0.3) is 11.7 Å². The molecule has 34 heavy (non-hydrogen) atoms. The van der Waals surface area contributed by atoms with Gasteiger partial charge < -0.3 is 23.9 Å². The summed E-state index contributed by atoms with van der Waals surface area (Å²) in [4.78, 5) is 27.7. The van der Waals surface area contributed by atoms with Crippen LogP contribution in [0.15, 0.2) is 76.9 Å². The predicted octanol–water partition coefficient (Wildman–Crippen LogP) is 4.94. The van der Waals surface area contributed by atoms with E-state index < -0.39 is 17.7 Å². The van der Waals surface area contributed by atoms with Gasteiger partial charge >= 0.3 is 0 Å². The Bertz CT molecular complexity index is 1210. The summed E-state index contributed by atoms with van der Waals surface area (Å²) < 4.78 is 16.8. The molecule has 0 bridgehead atoms. The maximum absolute atomic E-state index is 13.2. The topological polar surface area (TPSA) is 89.2 Å². The summed E-state index contributed by atoms with van der Waals surface area (Å²) in [5, 5.41) is 11.2. The van der Waals surface area contributed by atoms with Crippen molar-refractivity contribution in [1.82, 2.24) is 4.90 Å². The molecule has 7 heteroatoms. The number of carbonyl (C=O) groups excluding carboxylic acids is 2. The number of likely N-dealkylation sites (tertiary alicyclic amines) is 1. The van der Waals surface area contributed by atoms with E-state index in [1.165, 1.54) is 11.2 Å². The Kier molecular flexibility index (Phi) is 6.72. The van der Waals surface area contributed by atoms with Gasteiger partial charge in [0.1, 0.15) is 29.1 Å². The van der Waals surface area contributed by atoms with Crippen molar-refractivity contribution in [3.05, 3.63) is 89.4 Å². The molecule has 0 aliphatic carbocycles. The highest BCUT2D eigenvalue weighted by atomic mass is 16.5. The maximum Gasteiger partial charge on any atom is 0.296 e. The molecule has 1 unspecified atom stereocenters. The number of benzene rings is 2. The quantitative estimate of drug-likeness (QED) is 0.290. The van der Waals surface area contributed by atoms with E-state index in [-0.39, 0.29) is 17.9 Å². The van der Waals surface area contributed by atoms with E-state index >= 15 is 0 Å². The first-order chi connectivity index (χ1) is 16.4. The smallest absolute Gasteiger partial charge is 0.296 e. The van der Waals surface area contributed by atoms with Crippen molar-refractivity contribution < 1.29 is 28.6 Å². The molecule has 1 amide bonds. The van der Waals surface area contributed by atoms with Crippen molar-refractivity contribution in [2.45, 2.75) is 26.4 Å². The summed E-state index contributed by atoms with van der Waals surface area (Å²) in [5.74, 6) is 0.0909. The number of furan rings is 1. The van der Waals surface area contributed by atoms with Gasteiger partial charge in [0.2, 0.25) is 0 Å². The van der Waals surface area contributed by atoms with E-state index in [0.29, 0.717) is 35.3 Å². The largest absolute Gasteiger partial charge is 0.507 e. The molecule has 2 aromatic carbocycles. The number of amides is 1. The molecule has 7 nitrogen and oxygen atoms in total. The Morgan fingerprint density at radius 1 is 1.09 bits per heavy atom. The molecule has 2 heterocycles. The highest BCUT2D eigenvalue weighted by molar-refractivity contribution is 6.46. The third-order valence-corrected chi connectivity index (χ3v) is 5.58. The van der Waals surface area contributed by atoms with Gasteiger partial charge in [-0.25, -0.2) is 0 Å². The number of nitrogens with zero attached hydrogens (tertiary/aromatic N) is 1. The normalized spacial score (nSPS) is 17.4. The zero-order chi connectivity index (χ0) is 24.2. The molecule has 176 valence electrons. The average molecular weight is 462 g/mol. The van der Waals surface area contributed by atoms with Gasteiger partial charge in [-0.1, -0.05) is 44.2 Å². The van der Waals surface area contributed by atoms with E-state index in [2.05, 4.69) is 0 Å². The highest BCUT2D eigenvalue weighted by Crippen LogP contribution is 2.41. The lowest BCUT2D eigenvalue weighted by Gasteiger charge is -2.24. The maximum atomic E-state index is 13.2. The van der Waals surface area contributed by atoms with E-state index in [9.17, 15) is 14.7 Å². The molecular weight excluding hydrogens is 434 g/mol. The second-order valence-corrected chi connectivity index (χ2v) is 8.49. The lowest BCUT2D eigenvalue weighted by Crippen LogP contribution is -2.29. The fraction of sp³-hybridized carbons (Fsp3) is 0.259. The van der Waals surface area contributed by atoms with Gasteiger partial charge in [-0.2, -0.15) is 0 Å². The zero-order valence-corrected chi connectivity index (χ0v) is 19.4. The Labute approximate surface area is 198 Å². The number of carbonyl (C=O) groups is 2. The number of Topliss-reactive ketones (excluding diaryl/α,β-unsaturated/α-hetero) is 1. The minimum absolute atomic E-state index is 0.0316. The molecule has 0 spiro atoms. The molecule has 1 atom stereocenters. The van der Waals surface area contributed by atoms with Crippen LogP contribution in [0, 0.1) is 5.92 Å².